The van der Waals surface area contributed by atoms with Crippen LogP contribution in [0, 0.1) is 0 Å². The highest BCUT2D eigenvalue weighted by molar-refractivity contribution is 7.89. The molecular formula is C19H19F3N2O4S. The summed E-state index contributed by atoms with van der Waals surface area (Å²) in [6, 6.07) is 7.95. The van der Waals surface area contributed by atoms with Gasteiger partial charge in [0.25, 0.3) is 5.91 Å². The Hall–Kier alpha value is -2.59. The summed E-state index contributed by atoms with van der Waals surface area (Å²) in [5, 5.41) is 2.47. The molecule has 156 valence electrons. The summed E-state index contributed by atoms with van der Waals surface area (Å²) in [5.74, 6) is -0.534. The number of nitrogens with one attached hydrogen (secondary N) is 1. The zero-order valence-electron chi connectivity index (χ0n) is 15.5. The number of halogens is 3. The molecule has 0 unspecified atom stereocenters. The van der Waals surface area contributed by atoms with E-state index in [1.54, 1.807) is 0 Å². The molecule has 29 heavy (non-hydrogen) atoms. The van der Waals surface area contributed by atoms with E-state index in [9.17, 15) is 26.4 Å². The Bertz CT molecular complexity index is 999. The van der Waals surface area contributed by atoms with E-state index in [0.717, 1.165) is 37.1 Å². The third kappa shape index (κ3) is 4.54. The molecule has 0 aliphatic carbocycles. The van der Waals surface area contributed by atoms with Crippen LogP contribution in [0.15, 0.2) is 47.4 Å². The zero-order chi connectivity index (χ0) is 21.2. The first-order chi connectivity index (χ1) is 13.6. The lowest BCUT2D eigenvalue weighted by Gasteiger charge is -2.18. The molecule has 1 heterocycles. The molecule has 2 aromatic rings. The minimum atomic E-state index is -4.47. The van der Waals surface area contributed by atoms with Gasteiger partial charge in [0.1, 0.15) is 10.6 Å². The number of methoxy groups -OCH3 is 1. The van der Waals surface area contributed by atoms with Crippen LogP contribution >= 0.6 is 0 Å². The Morgan fingerprint density at radius 1 is 1.07 bits per heavy atom. The molecule has 3 rings (SSSR count). The fraction of sp³-hybridized carbons (Fsp3) is 0.316. The van der Waals surface area contributed by atoms with Gasteiger partial charge in [0.2, 0.25) is 10.0 Å². The van der Waals surface area contributed by atoms with Crippen molar-refractivity contribution in [2.45, 2.75) is 23.9 Å². The number of rotatable bonds is 5. The highest BCUT2D eigenvalue weighted by atomic mass is 32.2. The quantitative estimate of drug-likeness (QED) is 0.787. The molecule has 2 aromatic carbocycles. The highest BCUT2D eigenvalue weighted by Crippen LogP contribution is 2.31. The van der Waals surface area contributed by atoms with Crippen molar-refractivity contribution in [1.29, 1.82) is 0 Å². The van der Waals surface area contributed by atoms with E-state index in [0.29, 0.717) is 13.1 Å². The fourth-order valence-corrected chi connectivity index (χ4v) is 4.73. The Morgan fingerprint density at radius 3 is 2.24 bits per heavy atom. The van der Waals surface area contributed by atoms with Crippen LogP contribution in [0.3, 0.4) is 0 Å². The lowest BCUT2D eigenvalue weighted by molar-refractivity contribution is -0.137. The maximum atomic E-state index is 12.9. The van der Waals surface area contributed by atoms with Gasteiger partial charge < -0.3 is 10.1 Å². The number of sulfonamides is 1. The molecule has 6 nitrogen and oxygen atoms in total. The summed E-state index contributed by atoms with van der Waals surface area (Å²) in [6.45, 7) is 0.793. The molecule has 1 fully saturated rings. The number of nitrogens with zero attached hydrogens (tertiary/aromatic N) is 1. The lowest BCUT2D eigenvalue weighted by atomic mass is 10.1. The first-order valence-corrected chi connectivity index (χ1v) is 10.2. The Morgan fingerprint density at radius 2 is 1.69 bits per heavy atom. The lowest BCUT2D eigenvalue weighted by Crippen LogP contribution is -2.28. The van der Waals surface area contributed by atoms with E-state index in [1.165, 1.54) is 29.6 Å². The maximum absolute atomic E-state index is 12.9. The summed E-state index contributed by atoms with van der Waals surface area (Å²) >= 11 is 0. The smallest absolute Gasteiger partial charge is 0.416 e. The van der Waals surface area contributed by atoms with Gasteiger partial charge in [-0.2, -0.15) is 17.5 Å². The maximum Gasteiger partial charge on any atom is 0.416 e. The minimum Gasteiger partial charge on any atom is -0.495 e. The van der Waals surface area contributed by atoms with Gasteiger partial charge in [-0.3, -0.25) is 4.79 Å². The van der Waals surface area contributed by atoms with E-state index < -0.39 is 27.7 Å². The number of hydrogen-bond donors (Lipinski definition) is 1. The Labute approximate surface area is 166 Å². The van der Waals surface area contributed by atoms with E-state index in [4.69, 9.17) is 4.74 Å². The Kier molecular flexibility index (Phi) is 5.85. The number of anilines is 1. The summed E-state index contributed by atoms with van der Waals surface area (Å²) in [6.07, 6.45) is -2.96. The third-order valence-electron chi connectivity index (χ3n) is 4.58. The molecule has 10 heteroatoms. The number of carbonyl (C=O) groups excluding carboxylic acids is 1. The van der Waals surface area contributed by atoms with Crippen LogP contribution in [0.4, 0.5) is 18.9 Å². The zero-order valence-corrected chi connectivity index (χ0v) is 16.3. The van der Waals surface area contributed by atoms with Crippen molar-refractivity contribution >= 4 is 21.6 Å². The van der Waals surface area contributed by atoms with Crippen LogP contribution in [-0.2, 0) is 16.2 Å². The van der Waals surface area contributed by atoms with Crippen LogP contribution in [0.2, 0.25) is 0 Å². The topological polar surface area (TPSA) is 75.7 Å². The molecule has 0 bridgehead atoms. The van der Waals surface area contributed by atoms with E-state index in [2.05, 4.69) is 5.32 Å². The van der Waals surface area contributed by atoms with Gasteiger partial charge in [0.15, 0.2) is 0 Å². The molecule has 0 atom stereocenters. The summed E-state index contributed by atoms with van der Waals surface area (Å²) in [4.78, 5) is 12.4. The molecule has 0 aromatic heterocycles. The van der Waals surface area contributed by atoms with Gasteiger partial charge >= 0.3 is 6.18 Å². The average molecular weight is 428 g/mol. The molecular weight excluding hydrogens is 409 g/mol. The number of hydrogen-bond acceptors (Lipinski definition) is 4. The molecule has 1 amide bonds. The van der Waals surface area contributed by atoms with Crippen LogP contribution in [-0.4, -0.2) is 38.8 Å². The number of carbonyl (C=O) groups is 1. The summed E-state index contributed by atoms with van der Waals surface area (Å²) in [5.41, 5.74) is -0.634. The van der Waals surface area contributed by atoms with Crippen molar-refractivity contribution < 1.29 is 31.1 Å². The van der Waals surface area contributed by atoms with Crippen LogP contribution in [0.1, 0.15) is 28.8 Å². The number of benzene rings is 2. The molecule has 0 spiro atoms. The van der Waals surface area contributed by atoms with E-state index >= 15 is 0 Å². The monoisotopic (exact) mass is 428 g/mol. The summed E-state index contributed by atoms with van der Waals surface area (Å²) < 4.78 is 70.2. The van der Waals surface area contributed by atoms with Gasteiger partial charge in [-0.15, -0.1) is 0 Å². The third-order valence-corrected chi connectivity index (χ3v) is 6.50. The second-order valence-electron chi connectivity index (χ2n) is 6.51. The van der Waals surface area contributed by atoms with Crippen LogP contribution < -0.4 is 10.1 Å². The molecule has 1 aliphatic heterocycles. The average Bonchev–Trinajstić information content (AvgIpc) is 3.23. The van der Waals surface area contributed by atoms with Crippen molar-refractivity contribution in [3.05, 3.63) is 53.6 Å². The largest absolute Gasteiger partial charge is 0.495 e. The molecule has 0 radical (unpaired) electrons. The van der Waals surface area contributed by atoms with E-state index in [-0.39, 0.29) is 21.9 Å². The van der Waals surface area contributed by atoms with Crippen LogP contribution in [0.5, 0.6) is 5.75 Å². The number of ether oxygens (including phenoxy) is 1. The number of alkyl halides is 3. The molecule has 1 N–H and O–H groups in total. The van der Waals surface area contributed by atoms with Gasteiger partial charge in [-0.1, -0.05) is 0 Å². The highest BCUT2D eigenvalue weighted by Gasteiger charge is 2.31. The molecule has 0 saturated carbocycles. The minimum absolute atomic E-state index is 0.0449. The van der Waals surface area contributed by atoms with Crippen molar-refractivity contribution in [3.8, 4) is 5.75 Å². The SMILES string of the molecule is COc1ccc(C(=O)Nc2ccc(C(F)(F)F)cc2)cc1S(=O)(=O)N1CCCC1. The Balaban J connectivity index is 1.86. The predicted molar refractivity (Wildman–Crippen MR) is 100 cm³/mol. The number of amides is 1. The first kappa shape index (κ1) is 21.1. The van der Waals surface area contributed by atoms with Crippen molar-refractivity contribution in [3.63, 3.8) is 0 Å². The van der Waals surface area contributed by atoms with Crippen molar-refractivity contribution in [2.75, 3.05) is 25.5 Å². The van der Waals surface area contributed by atoms with Gasteiger partial charge in [-0.25, -0.2) is 8.42 Å². The van der Waals surface area contributed by atoms with Gasteiger partial charge in [0, 0.05) is 24.3 Å². The normalized spacial score (nSPS) is 15.3. The van der Waals surface area contributed by atoms with Crippen molar-refractivity contribution in [2.24, 2.45) is 0 Å². The molecule has 1 aliphatic rings. The van der Waals surface area contributed by atoms with Crippen molar-refractivity contribution in [1.82, 2.24) is 4.31 Å². The predicted octanol–water partition coefficient (Wildman–Crippen LogP) is 3.75. The van der Waals surface area contributed by atoms with Gasteiger partial charge in [-0.05, 0) is 55.3 Å². The second kappa shape index (κ2) is 8.03. The summed E-state index contributed by atoms with van der Waals surface area (Å²) in [7, 11) is -2.50. The van der Waals surface area contributed by atoms with Crippen LogP contribution in [0.25, 0.3) is 0 Å². The van der Waals surface area contributed by atoms with E-state index in [1.807, 2.05) is 0 Å². The fourth-order valence-electron chi connectivity index (χ4n) is 3.03. The van der Waals surface area contributed by atoms with Gasteiger partial charge in [0.05, 0.1) is 12.7 Å². The first-order valence-electron chi connectivity index (χ1n) is 8.80. The molecule has 1 saturated heterocycles. The second-order valence-corrected chi connectivity index (χ2v) is 8.41. The standard InChI is InChI=1S/C19H19F3N2O4S/c1-28-16-9-4-13(12-17(16)29(26,27)24-10-2-3-11-24)18(25)23-15-7-5-14(6-8-15)19(20,21)22/h4-9,12H,2-3,10-11H2,1H3,(H,23,25).